The van der Waals surface area contributed by atoms with Gasteiger partial charge in [-0.15, -0.1) is 0 Å². The van der Waals surface area contributed by atoms with Crippen LogP contribution in [0, 0.1) is 28.0 Å². The minimum atomic E-state index is -2.45. The molecule has 3 fully saturated rings. The van der Waals surface area contributed by atoms with Crippen molar-refractivity contribution in [2.75, 3.05) is 13.2 Å². The molecule has 3 aliphatic carbocycles. The first kappa shape index (κ1) is 79.0. The van der Waals surface area contributed by atoms with Gasteiger partial charge in [-0.1, -0.05) is 80.0 Å². The van der Waals surface area contributed by atoms with Gasteiger partial charge in [-0.05, 0) is 121 Å². The minimum Gasteiger partial charge on any atom is -0.480 e. The number of rotatable bonds is 31. The Morgan fingerprint density at radius 1 is 0.860 bits per heavy atom. The van der Waals surface area contributed by atoms with E-state index in [1.54, 1.807) is 69.3 Å². The molecule has 29 heteroatoms. The van der Waals surface area contributed by atoms with Crippen LogP contribution in [-0.4, -0.2) is 176 Å². The number of aliphatic hydroxyl groups excluding tert-OH is 3. The van der Waals surface area contributed by atoms with Crippen LogP contribution in [0.25, 0.3) is 6.08 Å². The first-order valence-corrected chi connectivity index (χ1v) is 33.3. The highest BCUT2D eigenvalue weighted by atomic mass is 35.5. The average molecular weight is 1420 g/mol. The van der Waals surface area contributed by atoms with Crippen molar-refractivity contribution in [3.63, 3.8) is 0 Å². The van der Waals surface area contributed by atoms with Gasteiger partial charge in [0.1, 0.15) is 53.6 Å². The maximum Gasteiger partial charge on any atom is 0.350 e. The molecular formula is C71H90ClFN6O21. The lowest BCUT2D eigenvalue weighted by Gasteiger charge is -2.68. The molecule has 2 bridgehead atoms. The number of esters is 3. The minimum absolute atomic E-state index is 0.0381. The van der Waals surface area contributed by atoms with Crippen molar-refractivity contribution in [1.82, 2.24) is 26.6 Å². The number of fused-ring (bicyclic) bond motifs is 5. The van der Waals surface area contributed by atoms with Crippen LogP contribution in [0.5, 0.6) is 0 Å². The number of hydrogen-bond acceptors (Lipinski definition) is 21. The number of carbonyl (C=O) groups is 11. The number of primary amides is 1. The van der Waals surface area contributed by atoms with Crippen LogP contribution in [0.2, 0.25) is 5.02 Å². The number of carbonyl (C=O) groups excluding carboxylic acids is 10. The fraction of sp³-hybridized carbons (Fsp3) is 0.535. The average Bonchev–Trinajstić information content (AvgIpc) is 0.670. The lowest BCUT2D eigenvalue weighted by Crippen LogP contribution is -2.78. The van der Waals surface area contributed by atoms with E-state index >= 15 is 9.59 Å². The van der Waals surface area contributed by atoms with E-state index in [1.165, 1.54) is 65.8 Å². The molecule has 12 N–H and O–H groups in total. The third-order valence-corrected chi connectivity index (χ3v) is 19.5. The second kappa shape index (κ2) is 33.0. The molecule has 544 valence electrons. The number of nitrogens with two attached hydrogens (primary N) is 1. The summed E-state index contributed by atoms with van der Waals surface area (Å²) in [5.41, 5.74) is -2.85. The Kier molecular flexibility index (Phi) is 26.0. The highest BCUT2D eigenvalue weighted by Crippen LogP contribution is 2.67. The molecular weight excluding hydrogens is 1330 g/mol. The highest BCUT2D eigenvalue weighted by molar-refractivity contribution is 6.30. The summed E-state index contributed by atoms with van der Waals surface area (Å²) in [5.74, 6) is -12.4. The van der Waals surface area contributed by atoms with Crippen LogP contribution in [0.3, 0.4) is 0 Å². The lowest BCUT2D eigenvalue weighted by atomic mass is 9.41. The van der Waals surface area contributed by atoms with E-state index in [1.807, 2.05) is 0 Å². The summed E-state index contributed by atoms with van der Waals surface area (Å²) < 4.78 is 44.7. The molecule has 0 spiro atoms. The molecule has 4 aliphatic rings. The molecule has 27 nitrogen and oxygen atoms in total. The molecule has 0 aromatic heterocycles. The van der Waals surface area contributed by atoms with Crippen molar-refractivity contribution in [3.8, 4) is 0 Å². The number of unbranched alkanes of at least 4 members (excludes halogenated alkanes) is 1. The van der Waals surface area contributed by atoms with E-state index in [-0.39, 0.29) is 90.3 Å². The molecule has 1 saturated heterocycles. The number of ketones is 2. The third kappa shape index (κ3) is 18.4. The molecule has 15 atom stereocenters. The number of ether oxygens (including phenoxy) is 5. The summed E-state index contributed by atoms with van der Waals surface area (Å²) in [5, 5.41) is 72.6. The number of carboxylic acid groups (broad SMARTS) is 1. The molecule has 1 aliphatic heterocycles. The normalized spacial score (nSPS) is 25.6. The molecule has 3 aromatic carbocycles. The Morgan fingerprint density at radius 3 is 2.12 bits per heavy atom. The van der Waals surface area contributed by atoms with Crippen molar-refractivity contribution in [2.24, 2.45) is 27.9 Å². The predicted octanol–water partition coefficient (Wildman–Crippen LogP) is 4.03. The lowest BCUT2D eigenvalue weighted by molar-refractivity contribution is -0.319. The molecule has 0 radical (unpaired) electrons. The van der Waals surface area contributed by atoms with E-state index < -0.39 is 191 Å². The van der Waals surface area contributed by atoms with Crippen LogP contribution >= 0.6 is 11.6 Å². The maximum absolute atomic E-state index is 15.4. The van der Waals surface area contributed by atoms with Gasteiger partial charge in [0.15, 0.2) is 5.78 Å². The van der Waals surface area contributed by atoms with Gasteiger partial charge in [0.05, 0.1) is 47.9 Å². The van der Waals surface area contributed by atoms with Gasteiger partial charge in [-0.2, -0.15) is 0 Å². The third-order valence-electron chi connectivity index (χ3n) is 19.3. The van der Waals surface area contributed by atoms with Crippen LogP contribution in [0.15, 0.2) is 96.1 Å². The number of hydrogen-bond donors (Lipinski definition) is 11. The second-order valence-electron chi connectivity index (χ2n) is 27.7. The molecule has 3 aromatic rings. The van der Waals surface area contributed by atoms with Crippen molar-refractivity contribution >= 4 is 82.7 Å². The van der Waals surface area contributed by atoms with Gasteiger partial charge >= 0.3 is 23.9 Å². The topological polar surface area (TPSA) is 421 Å². The van der Waals surface area contributed by atoms with Gasteiger partial charge < -0.3 is 81.0 Å². The number of benzene rings is 3. The first-order valence-electron chi connectivity index (χ1n) is 32.9. The summed E-state index contributed by atoms with van der Waals surface area (Å²) in [7, 11) is 0. The first-order chi connectivity index (χ1) is 46.8. The zero-order valence-corrected chi connectivity index (χ0v) is 57.9. The largest absolute Gasteiger partial charge is 0.480 e. The highest BCUT2D eigenvalue weighted by Gasteiger charge is 2.76. The maximum atomic E-state index is 15.4. The number of aliphatic hydroxyl groups is 4. The zero-order valence-electron chi connectivity index (χ0n) is 57.2. The van der Waals surface area contributed by atoms with E-state index in [0.29, 0.717) is 0 Å². The van der Waals surface area contributed by atoms with Gasteiger partial charge in [-0.3, -0.25) is 38.9 Å². The van der Waals surface area contributed by atoms with Gasteiger partial charge in [0.25, 0.3) is 0 Å². The van der Waals surface area contributed by atoms with Crippen LogP contribution in [0.1, 0.15) is 154 Å². The number of Topliss-reactive ketones (excluding diaryl/α,β-unsaturated/α-hetero) is 2. The van der Waals surface area contributed by atoms with Gasteiger partial charge in [-0.25, -0.2) is 18.8 Å². The van der Waals surface area contributed by atoms with E-state index in [4.69, 9.17) is 41.0 Å². The fourth-order valence-electron chi connectivity index (χ4n) is 14.0. The molecule has 100 heavy (non-hydrogen) atoms. The van der Waals surface area contributed by atoms with Crippen LogP contribution in [-0.2, 0) is 71.6 Å². The van der Waals surface area contributed by atoms with Crippen molar-refractivity contribution in [3.05, 3.63) is 124 Å². The van der Waals surface area contributed by atoms with E-state index in [0.717, 1.165) is 18.2 Å². The molecule has 5 amide bonds. The summed E-state index contributed by atoms with van der Waals surface area (Å²) in [4.78, 5) is 149. The number of amides is 5. The quantitative estimate of drug-likeness (QED) is 0.0108. The monoisotopic (exact) mass is 1420 g/mol. The number of nitrogens with one attached hydrogen (secondary N) is 5. The molecule has 2 unspecified atom stereocenters. The number of halogens is 2. The summed E-state index contributed by atoms with van der Waals surface area (Å²) in [6.45, 7) is 13.3. The second-order valence-corrected chi connectivity index (χ2v) is 28.2. The molecule has 1 heterocycles. The van der Waals surface area contributed by atoms with Crippen LogP contribution < -0.4 is 32.3 Å². The Morgan fingerprint density at radius 2 is 1.52 bits per heavy atom. The summed E-state index contributed by atoms with van der Waals surface area (Å²) in [6, 6.07) is 13.9. The number of aliphatic carboxylic acids is 1. The smallest absolute Gasteiger partial charge is 0.350 e. The van der Waals surface area contributed by atoms with Crippen molar-refractivity contribution in [1.29, 1.82) is 0 Å². The van der Waals surface area contributed by atoms with Crippen molar-refractivity contribution < 1.29 is 106 Å². The molecule has 2 saturated carbocycles. The standard InChI is InChI=1S/C71H90ClFN6O21/c1-37(80)34-70-36-96-49(70)33-48(81)69(9)58(70)60(99-64(92)42-20-14-11-15-21-42)71(95)35-47(38(2)54(68(71,7)8)56(86)59(69)87)97-65(93)57(55(41-18-12-10-13-19-41)79-66(94)100-67(4,5)6)98-53(85)30-29-50(82)75-31-17-16-22-46(63(90)91)77-52(84)28-26-45(61(74)88)78-62(89)39(3)76-51(83)27-24-40-23-25-43(72)32-44(40)73/h10-15,18-21,23-25,27,32,39,45-49,55-58,60,66,79,81,86,94-95H,16-17,22,26,28-31,33-36H2,1-9H3,(H2,74,88)(H,75,82)(H,76,83)(H,77,84)(H,78,89)(H,90,91)/b27-24+/t39-,45+,46?,47-,48-,49+,55-,56+,57+,58-,60-,66?,69+,70+,71+/m0/s1. The Balaban J connectivity index is 1.04. The summed E-state index contributed by atoms with van der Waals surface area (Å²) >= 11 is 5.76. The molecule has 7 rings (SSSR count). The summed E-state index contributed by atoms with van der Waals surface area (Å²) in [6.07, 6.45) is -12.6. The Bertz CT molecular complexity index is 3630. The van der Waals surface area contributed by atoms with Crippen molar-refractivity contribution in [2.45, 2.75) is 205 Å². The van der Waals surface area contributed by atoms with Gasteiger partial charge in [0.2, 0.25) is 42.1 Å². The zero-order chi connectivity index (χ0) is 74.0. The fourth-order valence-corrected chi connectivity index (χ4v) is 14.2. The predicted molar refractivity (Wildman–Crippen MR) is 355 cm³/mol. The van der Waals surface area contributed by atoms with Gasteiger partial charge in [0, 0.05) is 72.1 Å². The van der Waals surface area contributed by atoms with E-state index in [9.17, 15) is 73.1 Å². The van der Waals surface area contributed by atoms with Crippen LogP contribution in [0.4, 0.5) is 4.39 Å². The van der Waals surface area contributed by atoms with E-state index in [2.05, 4.69) is 26.6 Å². The Labute approximate surface area is 582 Å². The number of carboxylic acids is 1. The SMILES string of the molecule is CC(=O)C[C@@]12CO[C@@H]1C[C@H](O)[C@@]1(C)C(=O)[C@H](O)C3=C(C)[C@@H](OC(=O)[C@H](OC(=O)CCC(=O)NCCCCC(NC(=O)CC[C@@H](NC(=O)[C@H](C)NC(=O)/C=C/c4ccc(Cl)cc4F)C(N)=O)C(=O)O)[C@@H](NC(O)OC(C)(C)C)c4ccccc4)C[C@@](O)([C@@H](OC(=O)c4ccccc4)[C@H]21)C3(C)C. The Hall–Kier alpha value is -8.35.